The lowest BCUT2D eigenvalue weighted by Crippen LogP contribution is -2.51. The van der Waals surface area contributed by atoms with Crippen LogP contribution in [-0.2, 0) is 4.79 Å². The van der Waals surface area contributed by atoms with Crippen molar-refractivity contribution in [3.63, 3.8) is 0 Å². The summed E-state index contributed by atoms with van der Waals surface area (Å²) in [6, 6.07) is 1.00. The van der Waals surface area contributed by atoms with E-state index in [-0.39, 0.29) is 11.9 Å². The van der Waals surface area contributed by atoms with Crippen molar-refractivity contribution >= 4 is 5.91 Å². The number of carbonyl (C=O) groups excluding carboxylic acids is 1. The van der Waals surface area contributed by atoms with Gasteiger partial charge in [-0.3, -0.25) is 9.69 Å². The molecule has 2 unspecified atom stereocenters. The van der Waals surface area contributed by atoms with Crippen molar-refractivity contribution in [1.82, 2.24) is 15.5 Å². The van der Waals surface area contributed by atoms with Gasteiger partial charge in [-0.1, -0.05) is 26.2 Å². The van der Waals surface area contributed by atoms with Gasteiger partial charge in [0.15, 0.2) is 0 Å². The maximum Gasteiger partial charge on any atom is 0.237 e. The number of carbonyl (C=O) groups is 1. The zero-order chi connectivity index (χ0) is 15.1. The van der Waals surface area contributed by atoms with Gasteiger partial charge in [0.2, 0.25) is 5.91 Å². The van der Waals surface area contributed by atoms with E-state index in [1.165, 1.54) is 38.5 Å². The summed E-state index contributed by atoms with van der Waals surface area (Å²) in [5, 5.41) is 6.82. The van der Waals surface area contributed by atoms with Crippen molar-refractivity contribution in [2.24, 2.45) is 0 Å². The van der Waals surface area contributed by atoms with Crippen molar-refractivity contribution in [3.05, 3.63) is 0 Å². The van der Waals surface area contributed by atoms with Gasteiger partial charge in [0.1, 0.15) is 0 Å². The predicted molar refractivity (Wildman–Crippen MR) is 87.4 cm³/mol. The van der Waals surface area contributed by atoms with Crippen LogP contribution in [0.1, 0.15) is 65.2 Å². The quantitative estimate of drug-likeness (QED) is 0.722. The summed E-state index contributed by atoms with van der Waals surface area (Å²) in [7, 11) is 0. The number of amides is 1. The summed E-state index contributed by atoms with van der Waals surface area (Å²) in [5.41, 5.74) is 0. The van der Waals surface area contributed by atoms with Gasteiger partial charge >= 0.3 is 0 Å². The van der Waals surface area contributed by atoms with E-state index in [9.17, 15) is 4.79 Å². The standard InChI is InChI=1S/C17H33N3O/c1-3-4-12-20(13-16-10-7-11-18-16)14(2)17(21)19-15-8-5-6-9-15/h14-16,18H,3-13H2,1-2H3,(H,19,21). The van der Waals surface area contributed by atoms with E-state index in [0.717, 1.165) is 32.5 Å². The Hall–Kier alpha value is -0.610. The Bertz CT molecular complexity index is 309. The summed E-state index contributed by atoms with van der Waals surface area (Å²) in [5.74, 6) is 0.232. The van der Waals surface area contributed by atoms with Crippen molar-refractivity contribution in [3.8, 4) is 0 Å². The molecule has 0 bridgehead atoms. The SMILES string of the molecule is CCCCN(CC1CCCN1)C(C)C(=O)NC1CCCC1. The van der Waals surface area contributed by atoms with Gasteiger partial charge in [0, 0.05) is 18.6 Å². The van der Waals surface area contributed by atoms with Crippen molar-refractivity contribution in [1.29, 1.82) is 0 Å². The molecule has 4 nitrogen and oxygen atoms in total. The van der Waals surface area contributed by atoms with Crippen LogP contribution in [0.25, 0.3) is 0 Å². The molecule has 1 aliphatic carbocycles. The molecule has 0 aromatic rings. The van der Waals surface area contributed by atoms with E-state index in [1.807, 2.05) is 0 Å². The Morgan fingerprint density at radius 3 is 2.67 bits per heavy atom. The monoisotopic (exact) mass is 295 g/mol. The lowest BCUT2D eigenvalue weighted by atomic mass is 10.1. The number of hydrogen-bond acceptors (Lipinski definition) is 3. The third kappa shape index (κ3) is 5.26. The van der Waals surface area contributed by atoms with Crippen LogP contribution in [0.15, 0.2) is 0 Å². The normalized spacial score (nSPS) is 24.6. The molecule has 2 aliphatic rings. The molecule has 2 atom stereocenters. The maximum atomic E-state index is 12.5. The first-order valence-corrected chi connectivity index (χ1v) is 8.98. The van der Waals surface area contributed by atoms with Crippen molar-refractivity contribution in [2.45, 2.75) is 83.3 Å². The molecule has 0 radical (unpaired) electrons. The number of hydrogen-bond donors (Lipinski definition) is 2. The molecule has 2 rings (SSSR count). The largest absolute Gasteiger partial charge is 0.352 e. The molecule has 2 fully saturated rings. The summed E-state index contributed by atoms with van der Waals surface area (Å²) in [4.78, 5) is 14.9. The van der Waals surface area contributed by atoms with Gasteiger partial charge in [-0.15, -0.1) is 0 Å². The lowest BCUT2D eigenvalue weighted by Gasteiger charge is -2.31. The Morgan fingerprint density at radius 2 is 2.05 bits per heavy atom. The number of rotatable bonds is 8. The Balaban J connectivity index is 1.84. The van der Waals surface area contributed by atoms with Crippen LogP contribution in [0.2, 0.25) is 0 Å². The Kier molecular flexibility index (Phi) is 6.97. The molecule has 1 aliphatic heterocycles. The third-order valence-electron chi connectivity index (χ3n) is 5.04. The minimum absolute atomic E-state index is 0.000417. The van der Waals surface area contributed by atoms with Gasteiger partial charge < -0.3 is 10.6 Å². The second-order valence-electron chi connectivity index (χ2n) is 6.81. The molecule has 122 valence electrons. The first-order chi connectivity index (χ1) is 10.2. The van der Waals surface area contributed by atoms with Gasteiger partial charge in [0.25, 0.3) is 0 Å². The highest BCUT2D eigenvalue weighted by Crippen LogP contribution is 2.18. The molecule has 21 heavy (non-hydrogen) atoms. The molecule has 4 heteroatoms. The molecular formula is C17H33N3O. The molecule has 0 spiro atoms. The number of nitrogens with zero attached hydrogens (tertiary/aromatic N) is 1. The average molecular weight is 295 g/mol. The third-order valence-corrected chi connectivity index (χ3v) is 5.04. The van der Waals surface area contributed by atoms with E-state index >= 15 is 0 Å². The van der Waals surface area contributed by atoms with E-state index in [1.54, 1.807) is 0 Å². The average Bonchev–Trinajstić information content (AvgIpc) is 3.16. The summed E-state index contributed by atoms with van der Waals surface area (Å²) >= 11 is 0. The van der Waals surface area contributed by atoms with Gasteiger partial charge in [-0.25, -0.2) is 0 Å². The van der Waals surface area contributed by atoms with E-state index < -0.39 is 0 Å². The first-order valence-electron chi connectivity index (χ1n) is 8.98. The molecule has 1 heterocycles. The van der Waals surface area contributed by atoms with Crippen LogP contribution in [0, 0.1) is 0 Å². The van der Waals surface area contributed by atoms with Gasteiger partial charge in [0.05, 0.1) is 6.04 Å². The van der Waals surface area contributed by atoms with Gasteiger partial charge in [-0.05, 0) is 52.1 Å². The molecule has 2 N–H and O–H groups in total. The zero-order valence-corrected chi connectivity index (χ0v) is 13.9. The molecule has 0 aromatic carbocycles. The van der Waals surface area contributed by atoms with Crippen molar-refractivity contribution < 1.29 is 4.79 Å². The van der Waals surface area contributed by atoms with Crippen LogP contribution < -0.4 is 10.6 Å². The molecule has 1 amide bonds. The fraction of sp³-hybridized carbons (Fsp3) is 0.941. The number of nitrogens with one attached hydrogen (secondary N) is 2. The van der Waals surface area contributed by atoms with Gasteiger partial charge in [-0.2, -0.15) is 0 Å². The van der Waals surface area contributed by atoms with E-state index in [0.29, 0.717) is 12.1 Å². The number of unbranched alkanes of at least 4 members (excludes halogenated alkanes) is 1. The topological polar surface area (TPSA) is 44.4 Å². The maximum absolute atomic E-state index is 12.5. The predicted octanol–water partition coefficient (Wildman–Crippen LogP) is 2.29. The molecular weight excluding hydrogens is 262 g/mol. The smallest absolute Gasteiger partial charge is 0.237 e. The summed E-state index contributed by atoms with van der Waals surface area (Å²) in [6.07, 6.45) is 9.75. The van der Waals surface area contributed by atoms with Crippen LogP contribution in [0.3, 0.4) is 0 Å². The van der Waals surface area contributed by atoms with E-state index in [4.69, 9.17) is 0 Å². The van der Waals surface area contributed by atoms with Crippen LogP contribution in [0.5, 0.6) is 0 Å². The van der Waals surface area contributed by atoms with Crippen LogP contribution >= 0.6 is 0 Å². The first kappa shape index (κ1) is 16.8. The molecule has 1 saturated heterocycles. The van der Waals surface area contributed by atoms with Crippen LogP contribution in [0.4, 0.5) is 0 Å². The highest BCUT2D eigenvalue weighted by atomic mass is 16.2. The second-order valence-corrected chi connectivity index (χ2v) is 6.81. The summed E-state index contributed by atoms with van der Waals surface area (Å²) < 4.78 is 0. The fourth-order valence-electron chi connectivity index (χ4n) is 3.56. The highest BCUT2D eigenvalue weighted by molar-refractivity contribution is 5.81. The fourth-order valence-corrected chi connectivity index (χ4v) is 3.56. The summed E-state index contributed by atoms with van der Waals surface area (Å²) in [6.45, 7) is 7.48. The highest BCUT2D eigenvalue weighted by Gasteiger charge is 2.27. The van der Waals surface area contributed by atoms with Crippen LogP contribution in [-0.4, -0.2) is 48.6 Å². The molecule has 0 aromatic heterocycles. The Morgan fingerprint density at radius 1 is 1.29 bits per heavy atom. The van der Waals surface area contributed by atoms with Crippen molar-refractivity contribution in [2.75, 3.05) is 19.6 Å². The minimum Gasteiger partial charge on any atom is -0.352 e. The zero-order valence-electron chi connectivity index (χ0n) is 13.9. The lowest BCUT2D eigenvalue weighted by molar-refractivity contribution is -0.126. The Labute approximate surface area is 130 Å². The minimum atomic E-state index is -0.000417. The van der Waals surface area contributed by atoms with E-state index in [2.05, 4.69) is 29.4 Å². The molecule has 1 saturated carbocycles. The second kappa shape index (κ2) is 8.74.